The van der Waals surface area contributed by atoms with Crippen LogP contribution in [0.2, 0.25) is 5.15 Å². The highest BCUT2D eigenvalue weighted by Crippen LogP contribution is 2.20. The molecule has 0 bridgehead atoms. The Morgan fingerprint density at radius 2 is 2.07 bits per heavy atom. The van der Waals surface area contributed by atoms with Crippen LogP contribution in [0.1, 0.15) is 12.6 Å². The van der Waals surface area contributed by atoms with E-state index in [9.17, 15) is 5.21 Å². The fraction of sp³-hybridized carbons (Fsp3) is 0.182. The standard InChI is InChI=1S/C11H10ClNO/c1-2-9-7-8-5-3-4-6-10(8)11(12)13(9)14/h3-7H,2H2,1H3. The van der Waals surface area contributed by atoms with Crippen molar-refractivity contribution < 1.29 is 4.73 Å². The molecule has 2 nitrogen and oxygen atoms in total. The van der Waals surface area contributed by atoms with Gasteiger partial charge in [0, 0.05) is 12.5 Å². The Morgan fingerprint density at radius 1 is 1.36 bits per heavy atom. The first-order chi connectivity index (χ1) is 6.74. The Hall–Kier alpha value is -1.28. The second kappa shape index (κ2) is 3.46. The summed E-state index contributed by atoms with van der Waals surface area (Å²) >= 11 is 5.96. The SMILES string of the molecule is CCc1cc2ccccc2c(Cl)[n+]1[O-]. The first-order valence-corrected chi connectivity index (χ1v) is 4.91. The second-order valence-corrected chi connectivity index (χ2v) is 3.52. The van der Waals surface area contributed by atoms with Gasteiger partial charge in [-0.05, 0) is 23.1 Å². The molecule has 2 aromatic rings. The molecule has 3 heteroatoms. The summed E-state index contributed by atoms with van der Waals surface area (Å²) in [5, 5.41) is 13.7. The Morgan fingerprint density at radius 3 is 2.79 bits per heavy atom. The molecule has 0 spiro atoms. The topological polar surface area (TPSA) is 26.9 Å². The number of aryl methyl sites for hydroxylation is 1. The van der Waals surface area contributed by atoms with Gasteiger partial charge in [0.25, 0.3) is 5.15 Å². The molecule has 1 aromatic heterocycles. The summed E-state index contributed by atoms with van der Waals surface area (Å²) in [6.45, 7) is 1.94. The predicted molar refractivity (Wildman–Crippen MR) is 57.3 cm³/mol. The van der Waals surface area contributed by atoms with Crippen molar-refractivity contribution in [2.24, 2.45) is 0 Å². The van der Waals surface area contributed by atoms with Gasteiger partial charge in [-0.1, -0.05) is 25.1 Å². The van der Waals surface area contributed by atoms with Gasteiger partial charge in [-0.2, -0.15) is 4.73 Å². The molecular weight excluding hydrogens is 198 g/mol. The highest BCUT2D eigenvalue weighted by molar-refractivity contribution is 6.33. The summed E-state index contributed by atoms with van der Waals surface area (Å²) < 4.78 is 0.796. The van der Waals surface area contributed by atoms with E-state index >= 15 is 0 Å². The zero-order valence-electron chi connectivity index (χ0n) is 7.83. The van der Waals surface area contributed by atoms with E-state index in [2.05, 4.69) is 0 Å². The zero-order valence-corrected chi connectivity index (χ0v) is 8.58. The van der Waals surface area contributed by atoms with Crippen molar-refractivity contribution in [3.05, 3.63) is 46.4 Å². The van der Waals surface area contributed by atoms with Crippen LogP contribution in [-0.2, 0) is 6.42 Å². The average molecular weight is 208 g/mol. The van der Waals surface area contributed by atoms with E-state index in [4.69, 9.17) is 11.6 Å². The van der Waals surface area contributed by atoms with Crippen LogP contribution in [0.4, 0.5) is 0 Å². The third kappa shape index (κ3) is 1.32. The van der Waals surface area contributed by atoms with E-state index in [1.54, 1.807) is 0 Å². The number of halogens is 1. The maximum Gasteiger partial charge on any atom is 0.294 e. The predicted octanol–water partition coefficient (Wildman–Crippen LogP) is 2.69. The lowest BCUT2D eigenvalue weighted by Crippen LogP contribution is -2.32. The molecule has 0 aliphatic carbocycles. The number of aromatic nitrogens is 1. The first kappa shape index (κ1) is 9.28. The molecule has 0 fully saturated rings. The molecule has 0 amide bonds. The minimum atomic E-state index is 0.264. The summed E-state index contributed by atoms with van der Waals surface area (Å²) in [5.74, 6) is 0. The minimum absolute atomic E-state index is 0.264. The molecule has 2 rings (SSSR count). The van der Waals surface area contributed by atoms with Crippen molar-refractivity contribution in [2.45, 2.75) is 13.3 Å². The van der Waals surface area contributed by atoms with Gasteiger partial charge in [-0.3, -0.25) is 0 Å². The lowest BCUT2D eigenvalue weighted by atomic mass is 10.1. The summed E-state index contributed by atoms with van der Waals surface area (Å²) in [6.07, 6.45) is 0.689. The van der Waals surface area contributed by atoms with Gasteiger partial charge in [0.1, 0.15) is 0 Å². The fourth-order valence-corrected chi connectivity index (χ4v) is 1.81. The van der Waals surface area contributed by atoms with Gasteiger partial charge in [0.05, 0.1) is 5.39 Å². The van der Waals surface area contributed by atoms with Crippen molar-refractivity contribution >= 4 is 22.4 Å². The number of fused-ring (bicyclic) bond motifs is 1. The molecule has 0 unspecified atom stereocenters. The molecule has 72 valence electrons. The van der Waals surface area contributed by atoms with Gasteiger partial charge < -0.3 is 5.21 Å². The molecule has 0 saturated carbocycles. The van der Waals surface area contributed by atoms with Crippen molar-refractivity contribution in [2.75, 3.05) is 0 Å². The van der Waals surface area contributed by atoms with Gasteiger partial charge in [0.15, 0.2) is 5.69 Å². The van der Waals surface area contributed by atoms with Crippen LogP contribution in [0, 0.1) is 5.21 Å². The Bertz CT molecular complexity index is 482. The minimum Gasteiger partial charge on any atom is -0.617 e. The number of hydrogen-bond acceptors (Lipinski definition) is 1. The van der Waals surface area contributed by atoms with Crippen molar-refractivity contribution in [1.29, 1.82) is 0 Å². The van der Waals surface area contributed by atoms with Gasteiger partial charge >= 0.3 is 0 Å². The van der Waals surface area contributed by atoms with Gasteiger partial charge in [-0.15, -0.1) is 0 Å². The summed E-state index contributed by atoms with van der Waals surface area (Å²) in [7, 11) is 0. The second-order valence-electron chi connectivity index (χ2n) is 3.16. The van der Waals surface area contributed by atoms with Crippen molar-refractivity contribution in [3.8, 4) is 0 Å². The molecule has 0 saturated heterocycles. The monoisotopic (exact) mass is 207 g/mol. The van der Waals surface area contributed by atoms with E-state index in [0.717, 1.165) is 15.5 Å². The van der Waals surface area contributed by atoms with Crippen LogP contribution in [-0.4, -0.2) is 0 Å². The first-order valence-electron chi connectivity index (χ1n) is 4.53. The number of nitrogens with zero attached hydrogens (tertiary/aromatic N) is 1. The van der Waals surface area contributed by atoms with Gasteiger partial charge in [-0.25, -0.2) is 0 Å². The Labute approximate surface area is 87.3 Å². The van der Waals surface area contributed by atoms with E-state index in [0.29, 0.717) is 12.1 Å². The maximum atomic E-state index is 11.6. The van der Waals surface area contributed by atoms with Crippen LogP contribution in [0.5, 0.6) is 0 Å². The van der Waals surface area contributed by atoms with Crippen molar-refractivity contribution in [1.82, 2.24) is 0 Å². The third-order valence-corrected chi connectivity index (χ3v) is 2.66. The van der Waals surface area contributed by atoms with Gasteiger partial charge in [0.2, 0.25) is 0 Å². The number of pyridine rings is 1. The van der Waals surface area contributed by atoms with E-state index < -0.39 is 0 Å². The largest absolute Gasteiger partial charge is 0.617 e. The average Bonchev–Trinajstić information content (AvgIpc) is 2.23. The number of benzene rings is 1. The summed E-state index contributed by atoms with van der Waals surface area (Å²) in [5.41, 5.74) is 0.703. The van der Waals surface area contributed by atoms with E-state index in [-0.39, 0.29) is 5.15 Å². The molecule has 0 N–H and O–H groups in total. The fourth-order valence-electron chi connectivity index (χ4n) is 1.53. The Kier molecular flexibility index (Phi) is 2.30. The number of hydrogen-bond donors (Lipinski definition) is 0. The molecule has 0 aliphatic heterocycles. The highest BCUT2D eigenvalue weighted by Gasteiger charge is 2.12. The molecule has 14 heavy (non-hydrogen) atoms. The molecule has 1 aromatic carbocycles. The lowest BCUT2D eigenvalue weighted by Gasteiger charge is -2.06. The summed E-state index contributed by atoms with van der Waals surface area (Å²) in [4.78, 5) is 0. The van der Waals surface area contributed by atoms with Crippen LogP contribution in [0.15, 0.2) is 30.3 Å². The molecule has 0 radical (unpaired) electrons. The number of rotatable bonds is 1. The van der Waals surface area contributed by atoms with Crippen molar-refractivity contribution in [3.63, 3.8) is 0 Å². The van der Waals surface area contributed by atoms with Crippen LogP contribution < -0.4 is 4.73 Å². The van der Waals surface area contributed by atoms with E-state index in [1.165, 1.54) is 0 Å². The quantitative estimate of drug-likeness (QED) is 0.401. The Balaban J connectivity index is 2.85. The molecule has 0 aliphatic rings. The third-order valence-electron chi connectivity index (χ3n) is 2.31. The molecule has 1 heterocycles. The van der Waals surface area contributed by atoms with Crippen LogP contribution in [0.25, 0.3) is 10.8 Å². The van der Waals surface area contributed by atoms with Crippen LogP contribution in [0.3, 0.4) is 0 Å². The zero-order chi connectivity index (χ0) is 10.1. The highest BCUT2D eigenvalue weighted by atomic mass is 35.5. The van der Waals surface area contributed by atoms with Crippen LogP contribution >= 0.6 is 11.6 Å². The maximum absolute atomic E-state index is 11.6. The summed E-state index contributed by atoms with van der Waals surface area (Å²) in [6, 6.07) is 9.51. The van der Waals surface area contributed by atoms with E-state index in [1.807, 2.05) is 37.3 Å². The smallest absolute Gasteiger partial charge is 0.294 e. The molecule has 0 atom stereocenters. The molecular formula is C11H10ClNO. The normalized spacial score (nSPS) is 10.7. The lowest BCUT2D eigenvalue weighted by molar-refractivity contribution is -0.610.